The predicted octanol–water partition coefficient (Wildman–Crippen LogP) is 3.40. The second-order valence-corrected chi connectivity index (χ2v) is 5.24. The molecule has 0 aromatic heterocycles. The third-order valence-electron chi connectivity index (χ3n) is 2.58. The molecule has 0 radical (unpaired) electrons. The van der Waals surface area contributed by atoms with Gasteiger partial charge in [-0.25, -0.2) is 8.78 Å². The maximum Gasteiger partial charge on any atom is 0.238 e. The molecule has 0 spiro atoms. The van der Waals surface area contributed by atoms with E-state index in [1.165, 1.54) is 0 Å². The minimum Gasteiger partial charge on any atom is -0.322 e. The molecule has 1 amide bonds. The molecule has 0 aliphatic rings. The van der Waals surface area contributed by atoms with Gasteiger partial charge in [-0.15, -0.1) is 0 Å². The van der Waals surface area contributed by atoms with Gasteiger partial charge in [-0.2, -0.15) is 0 Å². The summed E-state index contributed by atoms with van der Waals surface area (Å²) in [7, 11) is 1.82. The van der Waals surface area contributed by atoms with Crippen LogP contribution in [0.3, 0.4) is 0 Å². The Labute approximate surface area is 120 Å². The molecule has 1 aromatic carbocycles. The molecular formula is C13H17BrF2N2O. The number of hydrogen-bond donors (Lipinski definition) is 1. The Morgan fingerprint density at radius 1 is 1.42 bits per heavy atom. The molecular weight excluding hydrogens is 318 g/mol. The predicted molar refractivity (Wildman–Crippen MR) is 75.1 cm³/mol. The zero-order valence-electron chi connectivity index (χ0n) is 11.0. The Morgan fingerprint density at radius 2 is 2.11 bits per heavy atom. The number of halogens is 3. The Balaban J connectivity index is 2.62. The maximum absolute atomic E-state index is 13.5. The number of unbranched alkanes of at least 4 members (excludes halogenated alkanes) is 1. The first kappa shape index (κ1) is 16.0. The first-order valence-electron chi connectivity index (χ1n) is 6.07. The van der Waals surface area contributed by atoms with E-state index in [1.54, 1.807) is 0 Å². The summed E-state index contributed by atoms with van der Waals surface area (Å²) >= 11 is 3.03. The molecule has 1 rings (SSSR count). The number of nitrogens with one attached hydrogen (secondary N) is 1. The summed E-state index contributed by atoms with van der Waals surface area (Å²) in [5.41, 5.74) is -0.0321. The molecule has 19 heavy (non-hydrogen) atoms. The molecule has 0 fully saturated rings. The van der Waals surface area contributed by atoms with E-state index in [9.17, 15) is 13.6 Å². The van der Waals surface area contributed by atoms with Crippen LogP contribution in [-0.4, -0.2) is 30.9 Å². The van der Waals surface area contributed by atoms with Crippen LogP contribution in [0.1, 0.15) is 19.8 Å². The van der Waals surface area contributed by atoms with Crippen molar-refractivity contribution in [2.24, 2.45) is 0 Å². The number of benzene rings is 1. The molecule has 1 N–H and O–H groups in total. The summed E-state index contributed by atoms with van der Waals surface area (Å²) < 4.78 is 26.6. The van der Waals surface area contributed by atoms with Gasteiger partial charge in [-0.3, -0.25) is 9.69 Å². The van der Waals surface area contributed by atoms with Crippen LogP contribution in [0, 0.1) is 11.6 Å². The first-order valence-corrected chi connectivity index (χ1v) is 6.86. The van der Waals surface area contributed by atoms with Crippen molar-refractivity contribution in [3.63, 3.8) is 0 Å². The number of rotatable bonds is 6. The normalized spacial score (nSPS) is 10.8. The lowest BCUT2D eigenvalue weighted by Gasteiger charge is -2.16. The van der Waals surface area contributed by atoms with Gasteiger partial charge in [0.15, 0.2) is 5.82 Å². The van der Waals surface area contributed by atoms with Crippen LogP contribution in [-0.2, 0) is 4.79 Å². The number of amides is 1. The average molecular weight is 335 g/mol. The Kier molecular flexibility index (Phi) is 6.37. The fourth-order valence-electron chi connectivity index (χ4n) is 1.59. The fourth-order valence-corrected chi connectivity index (χ4v) is 2.10. The molecule has 0 heterocycles. The largest absolute Gasteiger partial charge is 0.322 e. The van der Waals surface area contributed by atoms with Crippen LogP contribution in [0.25, 0.3) is 0 Å². The van der Waals surface area contributed by atoms with Gasteiger partial charge < -0.3 is 5.32 Å². The highest BCUT2D eigenvalue weighted by Gasteiger charge is 2.13. The molecule has 0 bridgehead atoms. The van der Waals surface area contributed by atoms with Crippen molar-refractivity contribution in [1.82, 2.24) is 4.90 Å². The summed E-state index contributed by atoms with van der Waals surface area (Å²) in [5, 5.41) is 2.44. The topological polar surface area (TPSA) is 32.3 Å². The van der Waals surface area contributed by atoms with Gasteiger partial charge in [0.1, 0.15) is 5.82 Å². The van der Waals surface area contributed by atoms with E-state index >= 15 is 0 Å². The van der Waals surface area contributed by atoms with Crippen molar-refractivity contribution in [2.45, 2.75) is 19.8 Å². The first-order chi connectivity index (χ1) is 8.93. The lowest BCUT2D eigenvalue weighted by molar-refractivity contribution is -0.117. The van der Waals surface area contributed by atoms with Gasteiger partial charge in [0.25, 0.3) is 0 Å². The number of hydrogen-bond acceptors (Lipinski definition) is 2. The van der Waals surface area contributed by atoms with E-state index in [-0.39, 0.29) is 22.6 Å². The standard InChI is InChI=1S/C13H17BrF2N2O/c1-3-4-5-18(2)8-12(19)17-13-10(14)6-9(15)7-11(13)16/h6-7H,3-5,8H2,1-2H3,(H,17,19). The van der Waals surface area contributed by atoms with Crippen LogP contribution in [0.5, 0.6) is 0 Å². The van der Waals surface area contributed by atoms with Crippen molar-refractivity contribution in [3.8, 4) is 0 Å². The molecule has 3 nitrogen and oxygen atoms in total. The minimum absolute atomic E-state index is 0.0321. The summed E-state index contributed by atoms with van der Waals surface area (Å²) in [5.74, 6) is -1.82. The average Bonchev–Trinajstić information content (AvgIpc) is 2.31. The van der Waals surface area contributed by atoms with Gasteiger partial charge in [-0.1, -0.05) is 13.3 Å². The molecule has 0 atom stereocenters. The number of carbonyl (C=O) groups is 1. The highest BCUT2D eigenvalue weighted by atomic mass is 79.9. The zero-order chi connectivity index (χ0) is 14.4. The second kappa shape index (κ2) is 7.55. The lowest BCUT2D eigenvalue weighted by atomic mass is 10.3. The fraction of sp³-hybridized carbons (Fsp3) is 0.462. The van der Waals surface area contributed by atoms with Crippen molar-refractivity contribution in [3.05, 3.63) is 28.2 Å². The van der Waals surface area contributed by atoms with Crippen LogP contribution in [0.15, 0.2) is 16.6 Å². The van der Waals surface area contributed by atoms with Crippen molar-refractivity contribution in [2.75, 3.05) is 25.5 Å². The van der Waals surface area contributed by atoms with E-state index in [1.807, 2.05) is 11.9 Å². The number of anilines is 1. The highest BCUT2D eigenvalue weighted by molar-refractivity contribution is 9.10. The molecule has 1 aromatic rings. The lowest BCUT2D eigenvalue weighted by Crippen LogP contribution is -2.31. The van der Waals surface area contributed by atoms with Crippen molar-refractivity contribution in [1.29, 1.82) is 0 Å². The van der Waals surface area contributed by atoms with E-state index in [0.717, 1.165) is 31.5 Å². The van der Waals surface area contributed by atoms with E-state index in [4.69, 9.17) is 0 Å². The number of carbonyl (C=O) groups excluding carboxylic acids is 1. The van der Waals surface area contributed by atoms with Crippen LogP contribution in [0.4, 0.5) is 14.5 Å². The minimum atomic E-state index is -0.795. The van der Waals surface area contributed by atoms with Crippen molar-refractivity contribution >= 4 is 27.5 Å². The van der Waals surface area contributed by atoms with Gasteiger partial charge in [0.2, 0.25) is 5.91 Å². The Hall–Kier alpha value is -1.01. The number of nitrogens with zero attached hydrogens (tertiary/aromatic N) is 1. The molecule has 6 heteroatoms. The summed E-state index contributed by atoms with van der Waals surface area (Å²) in [6.45, 7) is 3.04. The summed E-state index contributed by atoms with van der Waals surface area (Å²) in [4.78, 5) is 13.6. The van der Waals surface area contributed by atoms with E-state index in [2.05, 4.69) is 28.2 Å². The second-order valence-electron chi connectivity index (χ2n) is 4.38. The van der Waals surface area contributed by atoms with Crippen LogP contribution < -0.4 is 5.32 Å². The molecule has 0 aliphatic carbocycles. The van der Waals surface area contributed by atoms with Gasteiger partial charge in [0, 0.05) is 10.5 Å². The smallest absolute Gasteiger partial charge is 0.238 e. The summed E-state index contributed by atoms with van der Waals surface area (Å²) in [6.07, 6.45) is 2.04. The summed E-state index contributed by atoms with van der Waals surface area (Å²) in [6, 6.07) is 1.85. The zero-order valence-corrected chi connectivity index (χ0v) is 12.6. The Morgan fingerprint density at radius 3 is 2.68 bits per heavy atom. The molecule has 106 valence electrons. The van der Waals surface area contributed by atoms with Gasteiger partial charge in [-0.05, 0) is 42.0 Å². The van der Waals surface area contributed by atoms with Crippen LogP contribution in [0.2, 0.25) is 0 Å². The third kappa shape index (κ3) is 5.24. The molecule has 0 unspecified atom stereocenters. The third-order valence-corrected chi connectivity index (χ3v) is 3.20. The Bertz CT molecular complexity index is 431. The number of likely N-dealkylation sites (N-methyl/N-ethyl adjacent to an activating group) is 1. The maximum atomic E-state index is 13.5. The monoisotopic (exact) mass is 334 g/mol. The van der Waals surface area contributed by atoms with E-state index in [0.29, 0.717) is 0 Å². The molecule has 0 saturated carbocycles. The van der Waals surface area contributed by atoms with Gasteiger partial charge >= 0.3 is 0 Å². The quantitative estimate of drug-likeness (QED) is 0.864. The van der Waals surface area contributed by atoms with E-state index < -0.39 is 11.6 Å². The molecule has 0 aliphatic heterocycles. The highest BCUT2D eigenvalue weighted by Crippen LogP contribution is 2.26. The van der Waals surface area contributed by atoms with Crippen LogP contribution >= 0.6 is 15.9 Å². The SMILES string of the molecule is CCCCN(C)CC(=O)Nc1c(F)cc(F)cc1Br. The molecule has 0 saturated heterocycles. The van der Waals surface area contributed by atoms with Crippen molar-refractivity contribution < 1.29 is 13.6 Å². The van der Waals surface area contributed by atoms with Gasteiger partial charge in [0.05, 0.1) is 12.2 Å².